The molecule has 1 aromatic carbocycles. The van der Waals surface area contributed by atoms with Gasteiger partial charge in [-0.2, -0.15) is 18.2 Å². The molecule has 0 bridgehead atoms. The van der Waals surface area contributed by atoms with Crippen molar-refractivity contribution in [2.45, 2.75) is 12.1 Å². The van der Waals surface area contributed by atoms with Crippen LogP contribution in [0.3, 0.4) is 0 Å². The van der Waals surface area contributed by atoms with Gasteiger partial charge in [0.05, 0.1) is 15.7 Å². The summed E-state index contributed by atoms with van der Waals surface area (Å²) in [6, 6.07) is 6.03. The molecule has 0 unspecified atom stereocenters. The predicted molar refractivity (Wildman–Crippen MR) is 95.2 cm³/mol. The van der Waals surface area contributed by atoms with E-state index < -0.39 is 15.2 Å². The molecule has 3 aromatic rings. The number of hydrogen-bond acceptors (Lipinski definition) is 7. The molecule has 2 heterocycles. The highest BCUT2D eigenvalue weighted by atomic mass is 35.5. The maximum Gasteiger partial charge on any atom is 0.297 e. The molecule has 12 heteroatoms. The minimum Gasteiger partial charge on any atom is -0.276 e. The average molecular weight is 413 g/mol. The zero-order valence-electron chi connectivity index (χ0n) is 13.1. The van der Waals surface area contributed by atoms with Gasteiger partial charge in [0.1, 0.15) is 12.0 Å². The van der Waals surface area contributed by atoms with Crippen molar-refractivity contribution in [1.82, 2.24) is 24.7 Å². The number of para-hydroxylation sites is 1. The quantitative estimate of drug-likeness (QED) is 0.503. The maximum absolute atomic E-state index is 12.7. The third-order valence-corrected chi connectivity index (χ3v) is 4.94. The first kappa shape index (κ1) is 18.2. The van der Waals surface area contributed by atoms with Gasteiger partial charge < -0.3 is 0 Å². The number of benzene rings is 1. The second-order valence-electron chi connectivity index (χ2n) is 5.01. The standard InChI is InChI=1S/C14H10Cl2N6O3S/c1-8-5-11(13-17-6-18-22(13)7-23)20-14(19-8)26(24,25)21-12-9(15)3-2-4-10(12)16/h2-7,21H,1H3. The number of aryl methyl sites for hydroxylation is 1. The molecule has 0 aliphatic carbocycles. The molecule has 0 atom stereocenters. The summed E-state index contributed by atoms with van der Waals surface area (Å²) in [6.07, 6.45) is 1.58. The molecule has 0 aliphatic heterocycles. The van der Waals surface area contributed by atoms with Crippen LogP contribution < -0.4 is 4.72 Å². The van der Waals surface area contributed by atoms with Crippen molar-refractivity contribution >= 4 is 45.3 Å². The Morgan fingerprint density at radius 2 is 1.88 bits per heavy atom. The van der Waals surface area contributed by atoms with Gasteiger partial charge in [0, 0.05) is 5.69 Å². The number of nitrogens with zero attached hydrogens (tertiary/aromatic N) is 5. The number of rotatable bonds is 5. The van der Waals surface area contributed by atoms with Gasteiger partial charge in [0.15, 0.2) is 5.82 Å². The van der Waals surface area contributed by atoms with Crippen LogP contribution in [0.2, 0.25) is 10.0 Å². The number of aromatic nitrogens is 5. The van der Waals surface area contributed by atoms with Crippen molar-refractivity contribution in [2.75, 3.05) is 4.72 Å². The van der Waals surface area contributed by atoms with Crippen molar-refractivity contribution in [3.8, 4) is 11.5 Å². The summed E-state index contributed by atoms with van der Waals surface area (Å²) < 4.78 is 28.5. The third-order valence-electron chi connectivity index (χ3n) is 3.18. The lowest BCUT2D eigenvalue weighted by Crippen LogP contribution is -2.18. The van der Waals surface area contributed by atoms with Crippen LogP contribution in [0, 0.1) is 6.92 Å². The number of anilines is 1. The Labute approximate surface area is 158 Å². The summed E-state index contributed by atoms with van der Waals surface area (Å²) in [5.74, 6) is 0.0812. The Hall–Kier alpha value is -2.56. The first-order valence-corrected chi connectivity index (χ1v) is 9.23. The molecule has 26 heavy (non-hydrogen) atoms. The Morgan fingerprint density at radius 1 is 1.19 bits per heavy atom. The number of nitrogens with one attached hydrogen (secondary N) is 1. The monoisotopic (exact) mass is 412 g/mol. The molecule has 1 N–H and O–H groups in total. The summed E-state index contributed by atoms with van der Waals surface area (Å²) in [7, 11) is -4.20. The fraction of sp³-hybridized carbons (Fsp3) is 0.0714. The van der Waals surface area contributed by atoms with Gasteiger partial charge in [0.25, 0.3) is 15.2 Å². The Kier molecular flexibility index (Phi) is 4.90. The van der Waals surface area contributed by atoms with Crippen LogP contribution in [0.1, 0.15) is 5.69 Å². The molecule has 2 aromatic heterocycles. The van der Waals surface area contributed by atoms with Crippen molar-refractivity contribution in [3.05, 3.63) is 46.3 Å². The second-order valence-corrected chi connectivity index (χ2v) is 7.40. The molecule has 0 spiro atoms. The van der Waals surface area contributed by atoms with E-state index >= 15 is 0 Å². The summed E-state index contributed by atoms with van der Waals surface area (Å²) >= 11 is 12.0. The smallest absolute Gasteiger partial charge is 0.276 e. The molecule has 0 saturated carbocycles. The molecular weight excluding hydrogens is 403 g/mol. The lowest BCUT2D eigenvalue weighted by atomic mass is 10.3. The highest BCUT2D eigenvalue weighted by Crippen LogP contribution is 2.31. The van der Waals surface area contributed by atoms with Crippen LogP contribution in [0.5, 0.6) is 0 Å². The largest absolute Gasteiger partial charge is 0.297 e. The summed E-state index contributed by atoms with van der Waals surface area (Å²) in [5, 5.41) is 3.42. The van der Waals surface area contributed by atoms with Crippen LogP contribution >= 0.6 is 23.2 Å². The van der Waals surface area contributed by atoms with Gasteiger partial charge >= 0.3 is 0 Å². The lowest BCUT2D eigenvalue weighted by molar-refractivity contribution is 0.541. The van der Waals surface area contributed by atoms with E-state index in [1.54, 1.807) is 13.0 Å². The SMILES string of the molecule is Cc1cc(-c2ncnn2C=O)nc(S(=O)(=O)Nc2c(Cl)cccc2Cl)n1. The molecular formula is C14H10Cl2N6O3S. The molecule has 0 amide bonds. The van der Waals surface area contributed by atoms with Crippen molar-refractivity contribution in [1.29, 1.82) is 0 Å². The number of carbonyl (C=O) groups is 1. The number of halogens is 2. The predicted octanol–water partition coefficient (Wildman–Crippen LogP) is 2.19. The van der Waals surface area contributed by atoms with Crippen LogP contribution in [0.25, 0.3) is 11.5 Å². The molecule has 0 fully saturated rings. The maximum atomic E-state index is 12.7. The van der Waals surface area contributed by atoms with Gasteiger partial charge in [-0.3, -0.25) is 9.52 Å². The lowest BCUT2D eigenvalue weighted by Gasteiger charge is -2.11. The first-order valence-electron chi connectivity index (χ1n) is 6.99. The summed E-state index contributed by atoms with van der Waals surface area (Å²) in [6.45, 7) is 1.58. The van der Waals surface area contributed by atoms with E-state index in [-0.39, 0.29) is 27.3 Å². The Morgan fingerprint density at radius 3 is 2.54 bits per heavy atom. The topological polar surface area (TPSA) is 120 Å². The number of hydrogen-bond donors (Lipinski definition) is 1. The zero-order chi connectivity index (χ0) is 18.9. The van der Waals surface area contributed by atoms with Gasteiger partial charge in [-0.05, 0) is 25.1 Å². The van der Waals surface area contributed by atoms with E-state index in [2.05, 4.69) is 24.8 Å². The van der Waals surface area contributed by atoms with E-state index in [0.29, 0.717) is 12.1 Å². The zero-order valence-corrected chi connectivity index (χ0v) is 15.4. The fourth-order valence-electron chi connectivity index (χ4n) is 2.06. The Balaban J connectivity index is 2.07. The van der Waals surface area contributed by atoms with Crippen molar-refractivity contribution < 1.29 is 13.2 Å². The second kappa shape index (κ2) is 6.98. The summed E-state index contributed by atoms with van der Waals surface area (Å²) in [5.41, 5.74) is 0.479. The van der Waals surface area contributed by atoms with E-state index in [9.17, 15) is 13.2 Å². The number of sulfonamides is 1. The first-order chi connectivity index (χ1) is 12.3. The van der Waals surface area contributed by atoms with E-state index in [1.165, 1.54) is 18.2 Å². The van der Waals surface area contributed by atoms with E-state index in [4.69, 9.17) is 23.2 Å². The van der Waals surface area contributed by atoms with Crippen LogP contribution in [0.4, 0.5) is 5.69 Å². The van der Waals surface area contributed by atoms with Gasteiger partial charge in [-0.15, -0.1) is 0 Å². The molecule has 0 radical (unpaired) electrons. The fourth-order valence-corrected chi connectivity index (χ4v) is 3.73. The highest BCUT2D eigenvalue weighted by molar-refractivity contribution is 7.92. The minimum atomic E-state index is -4.20. The van der Waals surface area contributed by atoms with E-state index in [1.807, 2.05) is 0 Å². The minimum absolute atomic E-state index is 0.0125. The summed E-state index contributed by atoms with van der Waals surface area (Å²) in [4.78, 5) is 22.8. The van der Waals surface area contributed by atoms with Gasteiger partial charge in [-0.25, -0.2) is 15.0 Å². The molecule has 9 nitrogen and oxygen atoms in total. The molecule has 0 aliphatic rings. The highest BCUT2D eigenvalue weighted by Gasteiger charge is 2.23. The van der Waals surface area contributed by atoms with Crippen LogP contribution in [-0.4, -0.2) is 39.6 Å². The van der Waals surface area contributed by atoms with Crippen LogP contribution in [0.15, 0.2) is 35.7 Å². The molecule has 134 valence electrons. The van der Waals surface area contributed by atoms with E-state index in [0.717, 1.165) is 11.0 Å². The normalized spacial score (nSPS) is 11.3. The average Bonchev–Trinajstić information content (AvgIpc) is 3.06. The van der Waals surface area contributed by atoms with Gasteiger partial charge in [0.2, 0.25) is 6.41 Å². The molecule has 0 saturated heterocycles. The van der Waals surface area contributed by atoms with Crippen LogP contribution in [-0.2, 0) is 14.8 Å². The molecule has 3 rings (SSSR count). The Bertz CT molecular complexity index is 1080. The van der Waals surface area contributed by atoms with Crippen molar-refractivity contribution in [3.63, 3.8) is 0 Å². The van der Waals surface area contributed by atoms with Gasteiger partial charge in [-0.1, -0.05) is 29.3 Å². The number of carbonyl (C=O) groups excluding carboxylic acids is 1. The van der Waals surface area contributed by atoms with Crippen molar-refractivity contribution in [2.24, 2.45) is 0 Å². The third kappa shape index (κ3) is 3.52.